The lowest BCUT2D eigenvalue weighted by Crippen LogP contribution is -2.52. The third-order valence-corrected chi connectivity index (χ3v) is 4.67. The van der Waals surface area contributed by atoms with E-state index in [9.17, 15) is 23.5 Å². The molecule has 0 aromatic heterocycles. The van der Waals surface area contributed by atoms with Gasteiger partial charge in [-0.2, -0.15) is 8.78 Å². The summed E-state index contributed by atoms with van der Waals surface area (Å²) in [5.74, 6) is -1.62. The van der Waals surface area contributed by atoms with Crippen molar-refractivity contribution in [2.45, 2.75) is 17.2 Å². The Balaban J connectivity index is 3.37. The van der Waals surface area contributed by atoms with Gasteiger partial charge in [-0.1, -0.05) is 35.3 Å². The molecule has 1 atom stereocenters. The van der Waals surface area contributed by atoms with Crippen LogP contribution >= 0.6 is 34.8 Å². The highest BCUT2D eigenvalue weighted by atomic mass is 35.5. The van der Waals surface area contributed by atoms with E-state index in [1.54, 1.807) is 6.07 Å². The normalized spacial score (nSPS) is 13.6. The van der Waals surface area contributed by atoms with Crippen molar-refractivity contribution in [3.63, 3.8) is 0 Å². The van der Waals surface area contributed by atoms with Crippen molar-refractivity contribution in [1.82, 2.24) is 10.2 Å². The summed E-state index contributed by atoms with van der Waals surface area (Å²) in [5, 5.41) is 9.33. The SMILES string of the molecule is C=CCC(CNC(=O)[O-])(CN(C)C(=O)C(F)(F)Cl)c1ccc(Cl)c(Cl)c1. The van der Waals surface area contributed by atoms with Crippen molar-refractivity contribution in [2.75, 3.05) is 20.1 Å². The van der Waals surface area contributed by atoms with Crippen molar-refractivity contribution in [1.29, 1.82) is 0 Å². The fourth-order valence-electron chi connectivity index (χ4n) is 2.59. The van der Waals surface area contributed by atoms with Crippen LogP contribution in [0.25, 0.3) is 0 Å². The fraction of sp³-hybridized carbons (Fsp3) is 0.375. The van der Waals surface area contributed by atoms with E-state index in [4.69, 9.17) is 34.8 Å². The molecule has 0 aliphatic carbocycles. The van der Waals surface area contributed by atoms with Gasteiger partial charge in [0.05, 0.1) is 10.0 Å². The van der Waals surface area contributed by atoms with E-state index < -0.39 is 22.8 Å². The van der Waals surface area contributed by atoms with Crippen LogP contribution < -0.4 is 10.4 Å². The number of hydrogen-bond acceptors (Lipinski definition) is 3. The molecule has 0 heterocycles. The summed E-state index contributed by atoms with van der Waals surface area (Å²) >= 11 is 16.7. The Labute approximate surface area is 164 Å². The van der Waals surface area contributed by atoms with Gasteiger partial charge < -0.3 is 20.1 Å². The first-order valence-corrected chi connectivity index (χ1v) is 8.40. The Bertz CT molecular complexity index is 698. The summed E-state index contributed by atoms with van der Waals surface area (Å²) in [7, 11) is 1.13. The van der Waals surface area contributed by atoms with Gasteiger partial charge in [0.15, 0.2) is 0 Å². The predicted octanol–water partition coefficient (Wildman–Crippen LogP) is 3.03. The monoisotopic (exact) mass is 427 g/mol. The van der Waals surface area contributed by atoms with Crippen molar-refractivity contribution in [3.8, 4) is 0 Å². The summed E-state index contributed by atoms with van der Waals surface area (Å²) in [6.07, 6.45) is 0.0445. The Kier molecular flexibility index (Phi) is 7.68. The zero-order chi connectivity index (χ0) is 20.1. The Hall–Kier alpha value is -1.57. The van der Waals surface area contributed by atoms with Crippen LogP contribution in [0.1, 0.15) is 12.0 Å². The minimum atomic E-state index is -4.09. The number of likely N-dealkylation sites (N-methyl/N-ethyl adjacent to an activating group) is 1. The van der Waals surface area contributed by atoms with E-state index in [-0.39, 0.29) is 29.6 Å². The maximum absolute atomic E-state index is 13.2. The molecule has 1 rings (SSSR count). The number of hydrogen-bond donors (Lipinski definition) is 1. The Morgan fingerprint density at radius 3 is 2.42 bits per heavy atom. The molecule has 144 valence electrons. The standard InChI is InChI=1S/C16H17Cl3F2N2O3/c1-3-6-15(8-22-14(25)26,9-23(2)13(24)16(19,20)21)10-4-5-11(17)12(18)7-10/h3-5,7,22H,1,6,8-9H2,2H3,(H,25,26)/p-1. The van der Waals surface area contributed by atoms with Gasteiger partial charge >= 0.3 is 11.3 Å². The second-order valence-electron chi connectivity index (χ2n) is 5.70. The Morgan fingerprint density at radius 1 is 1.35 bits per heavy atom. The van der Waals surface area contributed by atoms with Gasteiger partial charge in [0.1, 0.15) is 6.09 Å². The summed E-state index contributed by atoms with van der Waals surface area (Å²) < 4.78 is 26.3. The first-order chi connectivity index (χ1) is 11.9. The van der Waals surface area contributed by atoms with Gasteiger partial charge in [-0.05, 0) is 35.7 Å². The molecular weight excluding hydrogens is 413 g/mol. The molecule has 0 radical (unpaired) electrons. The molecule has 0 aliphatic heterocycles. The smallest absolute Gasteiger partial charge is 0.399 e. The number of benzene rings is 1. The molecular formula is C16H16Cl3F2N2O3-. The van der Waals surface area contributed by atoms with Crippen LogP contribution in [0.4, 0.5) is 13.6 Å². The molecule has 2 amide bonds. The molecule has 0 aliphatic rings. The molecule has 1 unspecified atom stereocenters. The number of carbonyl (C=O) groups is 2. The van der Waals surface area contributed by atoms with Gasteiger partial charge in [-0.3, -0.25) is 4.79 Å². The highest BCUT2D eigenvalue weighted by Crippen LogP contribution is 2.34. The molecule has 0 saturated heterocycles. The zero-order valence-electron chi connectivity index (χ0n) is 13.7. The molecule has 0 saturated carbocycles. The predicted molar refractivity (Wildman–Crippen MR) is 94.8 cm³/mol. The van der Waals surface area contributed by atoms with Crippen molar-refractivity contribution < 1.29 is 23.5 Å². The number of rotatable bonds is 8. The van der Waals surface area contributed by atoms with Crippen LogP contribution in [0.5, 0.6) is 0 Å². The minimum absolute atomic E-state index is 0.136. The maximum Gasteiger partial charge on any atom is 0.399 e. The second-order valence-corrected chi connectivity index (χ2v) is 6.99. The number of halogens is 5. The summed E-state index contributed by atoms with van der Waals surface area (Å²) in [5.41, 5.74) is -0.680. The summed E-state index contributed by atoms with van der Waals surface area (Å²) in [6.45, 7) is 3.07. The topological polar surface area (TPSA) is 72.5 Å². The van der Waals surface area contributed by atoms with Crippen molar-refractivity contribution >= 4 is 46.8 Å². The van der Waals surface area contributed by atoms with Crippen LogP contribution in [0.3, 0.4) is 0 Å². The number of carbonyl (C=O) groups excluding carboxylic acids is 2. The number of alkyl halides is 3. The average molecular weight is 429 g/mol. The van der Waals surface area contributed by atoms with Gasteiger partial charge in [0.25, 0.3) is 0 Å². The number of nitrogens with zero attached hydrogens (tertiary/aromatic N) is 1. The highest BCUT2D eigenvalue weighted by Gasteiger charge is 2.42. The van der Waals surface area contributed by atoms with Gasteiger partial charge in [-0.15, -0.1) is 6.58 Å². The fourth-order valence-corrected chi connectivity index (χ4v) is 3.03. The molecule has 26 heavy (non-hydrogen) atoms. The molecule has 5 nitrogen and oxygen atoms in total. The highest BCUT2D eigenvalue weighted by molar-refractivity contribution is 6.42. The average Bonchev–Trinajstić information content (AvgIpc) is 2.53. The lowest BCUT2D eigenvalue weighted by Gasteiger charge is -2.38. The molecule has 0 fully saturated rings. The third-order valence-electron chi connectivity index (χ3n) is 3.77. The molecule has 10 heteroatoms. The molecule has 1 N–H and O–H groups in total. The van der Waals surface area contributed by atoms with Crippen LogP contribution in [0.2, 0.25) is 10.0 Å². The van der Waals surface area contributed by atoms with Crippen molar-refractivity contribution in [2.24, 2.45) is 0 Å². The van der Waals surface area contributed by atoms with Gasteiger partial charge in [0.2, 0.25) is 0 Å². The zero-order valence-corrected chi connectivity index (χ0v) is 16.0. The van der Waals surface area contributed by atoms with Gasteiger partial charge in [-0.25, -0.2) is 0 Å². The minimum Gasteiger partial charge on any atom is -0.530 e. The molecule has 0 bridgehead atoms. The van der Waals surface area contributed by atoms with Crippen LogP contribution in [0, 0.1) is 0 Å². The van der Waals surface area contributed by atoms with E-state index in [1.165, 1.54) is 18.2 Å². The first-order valence-electron chi connectivity index (χ1n) is 7.26. The maximum atomic E-state index is 13.2. The van der Waals surface area contributed by atoms with E-state index in [0.29, 0.717) is 5.56 Å². The van der Waals surface area contributed by atoms with Crippen molar-refractivity contribution in [3.05, 3.63) is 46.5 Å². The molecule has 1 aromatic carbocycles. The largest absolute Gasteiger partial charge is 0.530 e. The number of nitrogens with one attached hydrogen (secondary N) is 1. The number of carboxylic acid groups (broad SMARTS) is 1. The first kappa shape index (κ1) is 22.5. The van der Waals surface area contributed by atoms with Crippen LogP contribution in [0.15, 0.2) is 30.9 Å². The number of amides is 2. The van der Waals surface area contributed by atoms with E-state index >= 15 is 0 Å². The van der Waals surface area contributed by atoms with E-state index in [0.717, 1.165) is 11.9 Å². The third kappa shape index (κ3) is 5.72. The molecule has 1 aromatic rings. The van der Waals surface area contributed by atoms with E-state index in [1.807, 2.05) is 0 Å². The summed E-state index contributed by atoms with van der Waals surface area (Å²) in [6, 6.07) is 4.52. The second kappa shape index (κ2) is 8.88. The Morgan fingerprint density at radius 2 is 1.96 bits per heavy atom. The van der Waals surface area contributed by atoms with E-state index in [2.05, 4.69) is 11.9 Å². The van der Waals surface area contributed by atoms with Gasteiger partial charge in [0, 0.05) is 25.6 Å². The van der Waals surface area contributed by atoms with Crippen LogP contribution in [-0.2, 0) is 10.2 Å². The quantitative estimate of drug-likeness (QED) is 0.511. The molecule has 0 spiro atoms. The lowest BCUT2D eigenvalue weighted by molar-refractivity contribution is -0.251. The lowest BCUT2D eigenvalue weighted by atomic mass is 9.76. The number of allylic oxidation sites excluding steroid dienone is 1. The summed E-state index contributed by atoms with van der Waals surface area (Å²) in [4.78, 5) is 23.3. The van der Waals surface area contributed by atoms with Crippen LogP contribution in [-0.4, -0.2) is 42.4 Å².